The monoisotopic (exact) mass is 386 g/mol. The molecule has 0 radical (unpaired) electrons. The van der Waals surface area contributed by atoms with Gasteiger partial charge in [-0.3, -0.25) is 9.78 Å². The maximum Gasteiger partial charge on any atom is 0.253 e. The standard InChI is InChI=1S/C25H26N2O2/c1-29-24-15-6-5-11-20(24)17-22-13-7-14-23(26-22)21-12-8-16-27(18-21)25(28)19-9-3-2-4-10-19/h2-7,9-11,13-15,21H,8,12,16-18H2,1H3. The first-order valence-corrected chi connectivity index (χ1v) is 10.2. The average molecular weight is 386 g/mol. The zero-order chi connectivity index (χ0) is 20.1. The van der Waals surface area contributed by atoms with Crippen molar-refractivity contribution in [2.45, 2.75) is 25.2 Å². The van der Waals surface area contributed by atoms with Crippen molar-refractivity contribution >= 4 is 5.91 Å². The Labute approximate surface area is 172 Å². The lowest BCUT2D eigenvalue weighted by atomic mass is 9.93. The SMILES string of the molecule is COc1ccccc1Cc1cccc(C2CCCN(C(=O)c3ccccc3)C2)n1. The number of carbonyl (C=O) groups is 1. The fourth-order valence-corrected chi connectivity index (χ4v) is 4.03. The lowest BCUT2D eigenvalue weighted by molar-refractivity contribution is 0.0706. The van der Waals surface area contributed by atoms with Gasteiger partial charge in [-0.05, 0) is 43.2 Å². The Hall–Kier alpha value is -3.14. The first-order chi connectivity index (χ1) is 14.2. The number of benzene rings is 2. The van der Waals surface area contributed by atoms with Crippen LogP contribution in [0.3, 0.4) is 0 Å². The molecule has 0 N–H and O–H groups in total. The highest BCUT2D eigenvalue weighted by Gasteiger charge is 2.26. The molecule has 4 heteroatoms. The number of aromatic nitrogens is 1. The van der Waals surface area contributed by atoms with Crippen LogP contribution in [0, 0.1) is 0 Å². The lowest BCUT2D eigenvalue weighted by Gasteiger charge is -2.32. The summed E-state index contributed by atoms with van der Waals surface area (Å²) in [6.45, 7) is 1.53. The number of amides is 1. The molecule has 1 saturated heterocycles. The van der Waals surface area contributed by atoms with Gasteiger partial charge in [0.1, 0.15) is 5.75 Å². The smallest absolute Gasteiger partial charge is 0.253 e. The molecule has 3 aromatic rings. The highest BCUT2D eigenvalue weighted by atomic mass is 16.5. The number of likely N-dealkylation sites (tertiary alicyclic amines) is 1. The van der Waals surface area contributed by atoms with Crippen molar-refractivity contribution in [2.24, 2.45) is 0 Å². The van der Waals surface area contributed by atoms with Crippen LogP contribution in [0.2, 0.25) is 0 Å². The number of hydrogen-bond acceptors (Lipinski definition) is 3. The minimum Gasteiger partial charge on any atom is -0.496 e. The van der Waals surface area contributed by atoms with Crippen molar-refractivity contribution in [1.29, 1.82) is 0 Å². The van der Waals surface area contributed by atoms with E-state index in [0.29, 0.717) is 0 Å². The number of pyridine rings is 1. The molecule has 1 aliphatic rings. The molecule has 0 bridgehead atoms. The van der Waals surface area contributed by atoms with Gasteiger partial charge in [0.2, 0.25) is 0 Å². The highest BCUT2D eigenvalue weighted by molar-refractivity contribution is 5.94. The Balaban J connectivity index is 1.50. The van der Waals surface area contributed by atoms with E-state index in [2.05, 4.69) is 24.3 Å². The van der Waals surface area contributed by atoms with Gasteiger partial charge < -0.3 is 9.64 Å². The van der Waals surface area contributed by atoms with Crippen LogP contribution in [0.25, 0.3) is 0 Å². The number of ether oxygens (including phenoxy) is 1. The van der Waals surface area contributed by atoms with Gasteiger partial charge in [-0.2, -0.15) is 0 Å². The van der Waals surface area contributed by atoms with Gasteiger partial charge in [0.15, 0.2) is 0 Å². The molecule has 29 heavy (non-hydrogen) atoms. The van der Waals surface area contributed by atoms with Crippen LogP contribution in [-0.4, -0.2) is 36.0 Å². The van der Waals surface area contributed by atoms with Crippen LogP contribution in [0.5, 0.6) is 5.75 Å². The first kappa shape index (κ1) is 19.2. The van der Waals surface area contributed by atoms with Gasteiger partial charge >= 0.3 is 0 Å². The van der Waals surface area contributed by atoms with E-state index in [0.717, 1.165) is 60.6 Å². The van der Waals surface area contributed by atoms with E-state index in [1.54, 1.807) is 7.11 Å². The van der Waals surface area contributed by atoms with E-state index in [9.17, 15) is 4.79 Å². The van der Waals surface area contributed by atoms with E-state index in [1.807, 2.05) is 53.4 Å². The van der Waals surface area contributed by atoms with Crippen molar-refractivity contribution in [3.05, 3.63) is 95.3 Å². The molecule has 1 atom stereocenters. The summed E-state index contributed by atoms with van der Waals surface area (Å²) in [5.41, 5.74) is 3.98. The summed E-state index contributed by atoms with van der Waals surface area (Å²) in [5, 5.41) is 0. The minimum atomic E-state index is 0.112. The van der Waals surface area contributed by atoms with Gasteiger partial charge in [0.05, 0.1) is 7.11 Å². The van der Waals surface area contributed by atoms with Crippen molar-refractivity contribution in [3.63, 3.8) is 0 Å². The lowest BCUT2D eigenvalue weighted by Crippen LogP contribution is -2.39. The Morgan fingerprint density at radius 1 is 1.03 bits per heavy atom. The molecule has 0 spiro atoms. The summed E-state index contributed by atoms with van der Waals surface area (Å²) in [4.78, 5) is 19.8. The van der Waals surface area contributed by atoms with Crippen molar-refractivity contribution in [3.8, 4) is 5.75 Å². The molecule has 1 amide bonds. The van der Waals surface area contributed by atoms with E-state index >= 15 is 0 Å². The Morgan fingerprint density at radius 3 is 2.66 bits per heavy atom. The molecule has 4 rings (SSSR count). The molecule has 0 saturated carbocycles. The molecular weight excluding hydrogens is 360 g/mol. The minimum absolute atomic E-state index is 0.112. The number of methoxy groups -OCH3 is 1. The fourth-order valence-electron chi connectivity index (χ4n) is 4.03. The third-order valence-electron chi connectivity index (χ3n) is 5.54. The second-order valence-corrected chi connectivity index (χ2v) is 7.50. The van der Waals surface area contributed by atoms with Crippen molar-refractivity contribution in [1.82, 2.24) is 9.88 Å². The summed E-state index contributed by atoms with van der Waals surface area (Å²) in [6, 6.07) is 23.8. The Kier molecular flexibility index (Phi) is 5.89. The number of hydrogen-bond donors (Lipinski definition) is 0. The predicted molar refractivity (Wildman–Crippen MR) is 114 cm³/mol. The van der Waals surface area contributed by atoms with E-state index < -0.39 is 0 Å². The van der Waals surface area contributed by atoms with E-state index in [1.165, 1.54) is 0 Å². The van der Waals surface area contributed by atoms with Crippen LogP contribution in [0.4, 0.5) is 0 Å². The largest absolute Gasteiger partial charge is 0.496 e. The summed E-state index contributed by atoms with van der Waals surface area (Å²) in [7, 11) is 1.70. The molecule has 2 aromatic carbocycles. The number of piperidine rings is 1. The van der Waals surface area contributed by atoms with Crippen molar-refractivity contribution in [2.75, 3.05) is 20.2 Å². The summed E-state index contributed by atoms with van der Waals surface area (Å²) in [5.74, 6) is 1.27. The molecule has 1 unspecified atom stereocenters. The van der Waals surface area contributed by atoms with Gasteiger partial charge in [0.25, 0.3) is 5.91 Å². The summed E-state index contributed by atoms with van der Waals surface area (Å²) in [6.07, 6.45) is 2.79. The zero-order valence-corrected chi connectivity index (χ0v) is 16.8. The summed E-state index contributed by atoms with van der Waals surface area (Å²) < 4.78 is 5.47. The number of rotatable bonds is 5. The molecule has 148 valence electrons. The predicted octanol–water partition coefficient (Wildman–Crippen LogP) is 4.70. The van der Waals surface area contributed by atoms with Crippen LogP contribution >= 0.6 is 0 Å². The first-order valence-electron chi connectivity index (χ1n) is 10.2. The number of carbonyl (C=O) groups excluding carboxylic acids is 1. The van der Waals surface area contributed by atoms with E-state index in [-0.39, 0.29) is 11.8 Å². The van der Waals surface area contributed by atoms with E-state index in [4.69, 9.17) is 9.72 Å². The fraction of sp³-hybridized carbons (Fsp3) is 0.280. The maximum atomic E-state index is 12.8. The molecule has 4 nitrogen and oxygen atoms in total. The van der Waals surface area contributed by atoms with Crippen LogP contribution in [0.15, 0.2) is 72.8 Å². The van der Waals surface area contributed by atoms with Gasteiger partial charge in [0, 0.05) is 47.9 Å². The third kappa shape index (κ3) is 4.48. The second kappa shape index (κ2) is 8.91. The van der Waals surface area contributed by atoms with Gasteiger partial charge in [-0.1, -0.05) is 42.5 Å². The molecule has 1 aromatic heterocycles. The molecule has 0 aliphatic carbocycles. The number of para-hydroxylation sites is 1. The van der Waals surface area contributed by atoms with Crippen LogP contribution in [-0.2, 0) is 6.42 Å². The van der Waals surface area contributed by atoms with Crippen LogP contribution in [0.1, 0.15) is 46.1 Å². The Morgan fingerprint density at radius 2 is 1.83 bits per heavy atom. The highest BCUT2D eigenvalue weighted by Crippen LogP contribution is 2.28. The zero-order valence-electron chi connectivity index (χ0n) is 16.8. The van der Waals surface area contributed by atoms with Crippen molar-refractivity contribution < 1.29 is 9.53 Å². The Bertz CT molecular complexity index is 971. The molecule has 2 heterocycles. The quantitative estimate of drug-likeness (QED) is 0.638. The normalized spacial score (nSPS) is 16.4. The van der Waals surface area contributed by atoms with Gasteiger partial charge in [-0.25, -0.2) is 0 Å². The second-order valence-electron chi connectivity index (χ2n) is 7.50. The maximum absolute atomic E-state index is 12.8. The number of nitrogens with zero attached hydrogens (tertiary/aromatic N) is 2. The molecule has 1 fully saturated rings. The molecule has 1 aliphatic heterocycles. The molecular formula is C25H26N2O2. The third-order valence-corrected chi connectivity index (χ3v) is 5.54. The topological polar surface area (TPSA) is 42.4 Å². The van der Waals surface area contributed by atoms with Gasteiger partial charge in [-0.15, -0.1) is 0 Å². The average Bonchev–Trinajstić information content (AvgIpc) is 2.80. The summed E-state index contributed by atoms with van der Waals surface area (Å²) >= 11 is 0. The van der Waals surface area contributed by atoms with Crippen LogP contribution < -0.4 is 4.74 Å².